The quantitative estimate of drug-likeness (QED) is 0.317. The van der Waals surface area contributed by atoms with Gasteiger partial charge in [-0.15, -0.1) is 0 Å². The van der Waals surface area contributed by atoms with Crippen molar-refractivity contribution in [3.8, 4) is 0 Å². The predicted molar refractivity (Wildman–Crippen MR) is 145 cm³/mol. The van der Waals surface area contributed by atoms with E-state index in [9.17, 15) is 9.59 Å². The smallest absolute Gasteiger partial charge is 0.247 e. The van der Waals surface area contributed by atoms with Gasteiger partial charge in [0.05, 0.1) is 5.69 Å². The molecule has 1 aliphatic carbocycles. The van der Waals surface area contributed by atoms with E-state index in [1.54, 1.807) is 0 Å². The molecule has 1 unspecified atom stereocenters. The topological polar surface area (TPSA) is 73.8 Å². The lowest BCUT2D eigenvalue weighted by molar-refractivity contribution is -0.123. The first-order valence-electron chi connectivity index (χ1n) is 13.1. The minimum Gasteiger partial charge on any atom is -0.351 e. The highest BCUT2D eigenvalue weighted by molar-refractivity contribution is 6.30. The van der Waals surface area contributed by atoms with Gasteiger partial charge in [-0.1, -0.05) is 37.4 Å². The average Bonchev–Trinajstić information content (AvgIpc) is 3.35. The van der Waals surface area contributed by atoms with Crippen LogP contribution in [0.5, 0.6) is 0 Å². The van der Waals surface area contributed by atoms with E-state index in [-0.39, 0.29) is 17.9 Å². The molecule has 1 atom stereocenters. The molecule has 0 radical (unpaired) electrons. The number of hydrogen-bond donors (Lipinski definition) is 2. The van der Waals surface area contributed by atoms with Gasteiger partial charge in [0.1, 0.15) is 0 Å². The Morgan fingerprint density at radius 2 is 1.86 bits per heavy atom. The molecule has 1 aromatic carbocycles. The number of hydrogen-bond acceptors (Lipinski definition) is 4. The molecule has 192 valence electrons. The molecule has 1 aromatic rings. The number of likely N-dealkylation sites (tertiary alicyclic amines) is 1. The van der Waals surface area contributed by atoms with E-state index in [2.05, 4.69) is 27.1 Å². The molecule has 2 amide bonds. The molecule has 35 heavy (non-hydrogen) atoms. The van der Waals surface area contributed by atoms with Gasteiger partial charge in [0.15, 0.2) is 0 Å². The second-order valence-electron chi connectivity index (χ2n) is 10.1. The van der Waals surface area contributed by atoms with Crippen molar-refractivity contribution in [2.24, 2.45) is 10.9 Å². The summed E-state index contributed by atoms with van der Waals surface area (Å²) in [6.45, 7) is 11.1. The molecule has 2 aliphatic rings. The van der Waals surface area contributed by atoms with E-state index >= 15 is 0 Å². The lowest BCUT2D eigenvalue weighted by Crippen LogP contribution is -2.49. The van der Waals surface area contributed by atoms with Crippen LogP contribution in [-0.4, -0.2) is 54.6 Å². The maximum absolute atomic E-state index is 12.9. The summed E-state index contributed by atoms with van der Waals surface area (Å²) in [7, 11) is 0. The van der Waals surface area contributed by atoms with Crippen molar-refractivity contribution >= 4 is 34.8 Å². The molecular weight excluding hydrogens is 460 g/mol. The number of benzene rings is 1. The van der Waals surface area contributed by atoms with Crippen molar-refractivity contribution in [2.75, 3.05) is 26.2 Å². The third kappa shape index (κ3) is 9.08. The second kappa shape index (κ2) is 13.8. The van der Waals surface area contributed by atoms with Gasteiger partial charge in [0, 0.05) is 41.9 Å². The van der Waals surface area contributed by atoms with Gasteiger partial charge < -0.3 is 10.6 Å². The van der Waals surface area contributed by atoms with Crippen LogP contribution >= 0.6 is 11.6 Å². The number of carbonyl (C=O) groups excluding carboxylic acids is 2. The summed E-state index contributed by atoms with van der Waals surface area (Å²) in [5.74, 6) is 0.299. The van der Waals surface area contributed by atoms with Crippen LogP contribution in [0.3, 0.4) is 0 Å². The lowest BCUT2D eigenvalue weighted by atomic mass is 9.83. The molecule has 3 rings (SSSR count). The van der Waals surface area contributed by atoms with Gasteiger partial charge in [-0.2, -0.15) is 0 Å². The number of carbonyl (C=O) groups is 2. The molecule has 6 nitrogen and oxygen atoms in total. The maximum Gasteiger partial charge on any atom is 0.247 e. The first kappa shape index (κ1) is 27.4. The third-order valence-electron chi connectivity index (χ3n) is 7.17. The summed E-state index contributed by atoms with van der Waals surface area (Å²) in [5.41, 5.74) is 3.40. The number of amides is 2. The highest BCUT2D eigenvalue weighted by Crippen LogP contribution is 2.27. The Morgan fingerprint density at radius 1 is 1.14 bits per heavy atom. The van der Waals surface area contributed by atoms with Gasteiger partial charge in [-0.25, -0.2) is 0 Å². The molecule has 2 N–H and O–H groups in total. The Hall–Kier alpha value is -2.18. The molecule has 0 spiro atoms. The highest BCUT2D eigenvalue weighted by Gasteiger charge is 2.26. The summed E-state index contributed by atoms with van der Waals surface area (Å²) < 4.78 is 0. The number of aryl methyl sites for hydroxylation is 1. The van der Waals surface area contributed by atoms with Gasteiger partial charge in [-0.05, 0) is 88.7 Å². The maximum atomic E-state index is 12.9. The van der Waals surface area contributed by atoms with Crippen LogP contribution in [0.15, 0.2) is 35.3 Å². The van der Waals surface area contributed by atoms with Crippen molar-refractivity contribution in [3.05, 3.63) is 40.9 Å². The first-order chi connectivity index (χ1) is 16.8. The zero-order valence-electron chi connectivity index (χ0n) is 21.4. The van der Waals surface area contributed by atoms with E-state index in [1.165, 1.54) is 32.1 Å². The standard InChI is InChI=1S/C28H41ClN4O2/c1-20-17-24(29)12-13-25(20)31-22(3)11-14-27(34)32-26(23-9-5-4-6-10-23)18-30-28(35)21(2)19-33-15-7-8-16-33/h12-13,17,23,26H,2,4-11,14-16,18-19H2,1,3H3,(H,30,35)(H,32,34)/b31-22+. The largest absolute Gasteiger partial charge is 0.351 e. The van der Waals surface area contributed by atoms with E-state index in [4.69, 9.17) is 11.6 Å². The van der Waals surface area contributed by atoms with Crippen molar-refractivity contribution in [1.82, 2.24) is 15.5 Å². The number of rotatable bonds is 11. The molecule has 1 saturated heterocycles. The van der Waals surface area contributed by atoms with E-state index in [0.29, 0.717) is 42.4 Å². The molecule has 2 fully saturated rings. The molecule has 7 heteroatoms. The fourth-order valence-electron chi connectivity index (χ4n) is 5.06. The minimum atomic E-state index is -0.103. The third-order valence-corrected chi connectivity index (χ3v) is 7.40. The summed E-state index contributed by atoms with van der Waals surface area (Å²) in [6, 6.07) is 5.57. The van der Waals surface area contributed by atoms with E-state index in [0.717, 1.165) is 42.9 Å². The summed E-state index contributed by atoms with van der Waals surface area (Å²) >= 11 is 6.03. The van der Waals surface area contributed by atoms with Crippen LogP contribution in [-0.2, 0) is 9.59 Å². The summed E-state index contributed by atoms with van der Waals surface area (Å²) in [6.07, 6.45) is 9.12. The Balaban J connectivity index is 1.51. The molecule has 1 saturated carbocycles. The molecular formula is C28H41ClN4O2. The van der Waals surface area contributed by atoms with Crippen LogP contribution in [0.1, 0.15) is 70.3 Å². The van der Waals surface area contributed by atoms with Crippen LogP contribution < -0.4 is 10.6 Å². The molecule has 0 aromatic heterocycles. The number of nitrogens with zero attached hydrogens (tertiary/aromatic N) is 2. The fraction of sp³-hybridized carbons (Fsp3) is 0.607. The number of halogens is 1. The van der Waals surface area contributed by atoms with Gasteiger partial charge in [0.2, 0.25) is 11.8 Å². The van der Waals surface area contributed by atoms with Crippen molar-refractivity contribution < 1.29 is 9.59 Å². The second-order valence-corrected chi connectivity index (χ2v) is 10.6. The van der Waals surface area contributed by atoms with Crippen LogP contribution in [0.25, 0.3) is 0 Å². The average molecular weight is 501 g/mol. The fourth-order valence-corrected chi connectivity index (χ4v) is 5.29. The normalized spacial score (nSPS) is 18.3. The lowest BCUT2D eigenvalue weighted by Gasteiger charge is -2.31. The van der Waals surface area contributed by atoms with Crippen molar-refractivity contribution in [1.29, 1.82) is 0 Å². The Labute approximate surface area is 215 Å². The van der Waals surface area contributed by atoms with Crippen LogP contribution in [0.4, 0.5) is 5.69 Å². The van der Waals surface area contributed by atoms with E-state index < -0.39 is 0 Å². The van der Waals surface area contributed by atoms with Gasteiger partial charge in [0.25, 0.3) is 0 Å². The monoisotopic (exact) mass is 500 g/mol. The Bertz CT molecular complexity index is 918. The first-order valence-corrected chi connectivity index (χ1v) is 13.5. The zero-order chi connectivity index (χ0) is 25.2. The minimum absolute atomic E-state index is 0.00749. The van der Waals surface area contributed by atoms with E-state index in [1.807, 2.05) is 32.0 Å². The highest BCUT2D eigenvalue weighted by atomic mass is 35.5. The zero-order valence-corrected chi connectivity index (χ0v) is 22.1. The molecule has 1 aliphatic heterocycles. The summed E-state index contributed by atoms with van der Waals surface area (Å²) in [4.78, 5) is 32.5. The van der Waals surface area contributed by atoms with Crippen molar-refractivity contribution in [3.63, 3.8) is 0 Å². The molecule has 1 heterocycles. The van der Waals surface area contributed by atoms with Crippen LogP contribution in [0, 0.1) is 12.8 Å². The van der Waals surface area contributed by atoms with Crippen molar-refractivity contribution in [2.45, 2.75) is 77.7 Å². The van der Waals surface area contributed by atoms with Gasteiger partial charge in [-0.3, -0.25) is 19.5 Å². The molecule has 0 bridgehead atoms. The van der Waals surface area contributed by atoms with Gasteiger partial charge >= 0.3 is 0 Å². The predicted octanol–water partition coefficient (Wildman–Crippen LogP) is 5.35. The number of nitrogens with one attached hydrogen (secondary N) is 2. The number of aliphatic imine (C=N–C) groups is 1. The SMILES string of the molecule is C=C(CN1CCCC1)C(=O)NCC(NC(=O)CC/C(C)=N/c1ccc(Cl)cc1C)C1CCCCC1. The Morgan fingerprint density at radius 3 is 2.54 bits per heavy atom. The summed E-state index contributed by atoms with van der Waals surface area (Å²) in [5, 5.41) is 6.97. The van der Waals surface area contributed by atoms with Crippen LogP contribution in [0.2, 0.25) is 5.02 Å². The Kier molecular flexibility index (Phi) is 10.8.